The average molecular weight is 369 g/mol. The summed E-state index contributed by atoms with van der Waals surface area (Å²) in [6, 6.07) is 16.2. The van der Waals surface area contributed by atoms with Crippen LogP contribution in [0.1, 0.15) is 12.0 Å². The van der Waals surface area contributed by atoms with Crippen LogP contribution >= 0.6 is 27.5 Å². The minimum atomic E-state index is 0.340. The second-order valence-electron chi connectivity index (χ2n) is 4.88. The molecule has 0 radical (unpaired) electrons. The zero-order valence-electron chi connectivity index (χ0n) is 12.0. The van der Waals surface area contributed by atoms with E-state index in [4.69, 9.17) is 16.3 Å². The van der Waals surface area contributed by atoms with Gasteiger partial charge in [-0.25, -0.2) is 0 Å². The van der Waals surface area contributed by atoms with Gasteiger partial charge in [0.05, 0.1) is 6.61 Å². The first-order valence-electron chi connectivity index (χ1n) is 6.98. The molecule has 0 fully saturated rings. The van der Waals surface area contributed by atoms with Crippen molar-refractivity contribution in [2.24, 2.45) is 0 Å². The van der Waals surface area contributed by atoms with Gasteiger partial charge in [-0.15, -0.1) is 0 Å². The molecular weight excluding hydrogens is 350 g/mol. The van der Waals surface area contributed by atoms with E-state index in [1.807, 2.05) is 49.5 Å². The van der Waals surface area contributed by atoms with Crippen LogP contribution in [0.2, 0.25) is 5.02 Å². The summed E-state index contributed by atoms with van der Waals surface area (Å²) in [5.74, 6) is 0.911. The monoisotopic (exact) mass is 367 g/mol. The van der Waals surface area contributed by atoms with Crippen LogP contribution in [0.15, 0.2) is 53.0 Å². The Morgan fingerprint density at radius 3 is 2.62 bits per heavy atom. The number of hydrogen-bond donors (Lipinski definition) is 1. The minimum Gasteiger partial charge on any atom is -0.494 e. The summed E-state index contributed by atoms with van der Waals surface area (Å²) < 4.78 is 6.75. The molecule has 0 saturated carbocycles. The minimum absolute atomic E-state index is 0.340. The van der Waals surface area contributed by atoms with Crippen molar-refractivity contribution < 1.29 is 4.74 Å². The molecule has 0 aliphatic rings. The van der Waals surface area contributed by atoms with Crippen LogP contribution in [0.4, 0.5) is 0 Å². The van der Waals surface area contributed by atoms with Gasteiger partial charge >= 0.3 is 0 Å². The van der Waals surface area contributed by atoms with Crippen LogP contribution in [-0.2, 0) is 6.42 Å². The van der Waals surface area contributed by atoms with Gasteiger partial charge in [-0.05, 0) is 49.7 Å². The molecule has 0 aliphatic carbocycles. The van der Waals surface area contributed by atoms with Crippen LogP contribution in [0.25, 0.3) is 0 Å². The lowest BCUT2D eigenvalue weighted by atomic mass is 10.0. The smallest absolute Gasteiger partial charge is 0.119 e. The van der Waals surface area contributed by atoms with E-state index in [1.54, 1.807) is 0 Å². The Kier molecular flexibility index (Phi) is 6.55. The summed E-state index contributed by atoms with van der Waals surface area (Å²) >= 11 is 9.70. The molecule has 0 aromatic heterocycles. The van der Waals surface area contributed by atoms with Crippen molar-refractivity contribution >= 4 is 27.5 Å². The van der Waals surface area contributed by atoms with Gasteiger partial charge in [0.1, 0.15) is 5.75 Å². The van der Waals surface area contributed by atoms with E-state index in [-0.39, 0.29) is 0 Å². The van der Waals surface area contributed by atoms with Crippen LogP contribution in [-0.4, -0.2) is 19.7 Å². The molecule has 1 unspecified atom stereocenters. The average Bonchev–Trinajstić information content (AvgIpc) is 2.49. The quantitative estimate of drug-likeness (QED) is 0.764. The molecule has 0 spiro atoms. The van der Waals surface area contributed by atoms with Gasteiger partial charge in [0.15, 0.2) is 0 Å². The van der Waals surface area contributed by atoms with E-state index in [0.29, 0.717) is 12.6 Å². The highest BCUT2D eigenvalue weighted by Gasteiger charge is 2.10. The van der Waals surface area contributed by atoms with Crippen molar-refractivity contribution in [2.75, 3.05) is 13.7 Å². The van der Waals surface area contributed by atoms with Crippen LogP contribution < -0.4 is 10.1 Å². The summed E-state index contributed by atoms with van der Waals surface area (Å²) in [5, 5.41) is 4.13. The number of hydrogen-bond acceptors (Lipinski definition) is 2. The van der Waals surface area contributed by atoms with Gasteiger partial charge in [0.25, 0.3) is 0 Å². The summed E-state index contributed by atoms with van der Waals surface area (Å²) in [4.78, 5) is 0. The number of nitrogens with one attached hydrogen (secondary N) is 1. The molecule has 112 valence electrons. The molecular formula is C17H19BrClNO. The zero-order chi connectivity index (χ0) is 15.1. The molecule has 0 saturated heterocycles. The first kappa shape index (κ1) is 16.3. The van der Waals surface area contributed by atoms with Gasteiger partial charge in [-0.1, -0.05) is 51.8 Å². The van der Waals surface area contributed by atoms with Crippen LogP contribution in [0.5, 0.6) is 5.75 Å². The van der Waals surface area contributed by atoms with Crippen LogP contribution in [0.3, 0.4) is 0 Å². The Labute approximate surface area is 139 Å². The second kappa shape index (κ2) is 8.42. The van der Waals surface area contributed by atoms with E-state index in [2.05, 4.69) is 27.3 Å². The molecule has 1 atom stereocenters. The lowest BCUT2D eigenvalue weighted by Gasteiger charge is -2.17. The van der Waals surface area contributed by atoms with E-state index in [9.17, 15) is 0 Å². The number of benzene rings is 2. The summed E-state index contributed by atoms with van der Waals surface area (Å²) in [6.07, 6.45) is 1.82. The largest absolute Gasteiger partial charge is 0.494 e. The molecule has 21 heavy (non-hydrogen) atoms. The van der Waals surface area contributed by atoms with E-state index < -0.39 is 0 Å². The van der Waals surface area contributed by atoms with Gasteiger partial charge in [0, 0.05) is 15.5 Å². The van der Waals surface area contributed by atoms with Crippen molar-refractivity contribution in [3.8, 4) is 5.75 Å². The van der Waals surface area contributed by atoms with E-state index in [1.165, 1.54) is 0 Å². The Morgan fingerprint density at radius 1 is 1.19 bits per heavy atom. The molecule has 0 bridgehead atoms. The van der Waals surface area contributed by atoms with Gasteiger partial charge in [-0.2, -0.15) is 0 Å². The fraction of sp³-hybridized carbons (Fsp3) is 0.294. The van der Waals surface area contributed by atoms with Crippen LogP contribution in [0, 0.1) is 0 Å². The number of ether oxygens (including phenoxy) is 1. The highest BCUT2D eigenvalue weighted by atomic mass is 79.9. The van der Waals surface area contributed by atoms with Crippen molar-refractivity contribution in [3.63, 3.8) is 0 Å². The van der Waals surface area contributed by atoms with Gasteiger partial charge < -0.3 is 10.1 Å². The molecule has 2 nitrogen and oxygen atoms in total. The molecule has 0 heterocycles. The van der Waals surface area contributed by atoms with Crippen molar-refractivity contribution in [1.29, 1.82) is 0 Å². The van der Waals surface area contributed by atoms with Gasteiger partial charge in [-0.3, -0.25) is 0 Å². The third kappa shape index (κ3) is 5.34. The van der Waals surface area contributed by atoms with Gasteiger partial charge in [0.2, 0.25) is 0 Å². The van der Waals surface area contributed by atoms with Crippen molar-refractivity contribution in [2.45, 2.75) is 18.9 Å². The highest BCUT2D eigenvalue weighted by molar-refractivity contribution is 9.10. The van der Waals surface area contributed by atoms with E-state index in [0.717, 1.165) is 33.6 Å². The molecule has 2 aromatic rings. The first-order chi connectivity index (χ1) is 10.2. The van der Waals surface area contributed by atoms with Crippen molar-refractivity contribution in [1.82, 2.24) is 5.32 Å². The normalized spacial score (nSPS) is 12.1. The Balaban J connectivity index is 1.85. The second-order valence-corrected chi connectivity index (χ2v) is 6.20. The maximum atomic E-state index is 6.27. The predicted octanol–water partition coefficient (Wildman–Crippen LogP) is 4.70. The van der Waals surface area contributed by atoms with E-state index >= 15 is 0 Å². The molecule has 1 N–H and O–H groups in total. The Bertz CT molecular complexity index is 562. The molecule has 0 aliphatic heterocycles. The maximum absolute atomic E-state index is 6.27. The maximum Gasteiger partial charge on any atom is 0.119 e. The number of rotatable bonds is 7. The zero-order valence-corrected chi connectivity index (χ0v) is 14.3. The standard InChI is InChI=1S/C17H19BrClNO/c1-20-15(9-10-21-16-5-3-2-4-6-16)11-13-7-8-14(18)12-17(13)19/h2-8,12,15,20H,9-11H2,1H3. The number of halogens is 2. The molecule has 2 rings (SSSR count). The first-order valence-corrected chi connectivity index (χ1v) is 8.15. The predicted molar refractivity (Wildman–Crippen MR) is 92.3 cm³/mol. The lowest BCUT2D eigenvalue weighted by Crippen LogP contribution is -2.29. The number of para-hydroxylation sites is 1. The highest BCUT2D eigenvalue weighted by Crippen LogP contribution is 2.23. The summed E-state index contributed by atoms with van der Waals surface area (Å²) in [7, 11) is 1.97. The van der Waals surface area contributed by atoms with Crippen molar-refractivity contribution in [3.05, 3.63) is 63.6 Å². The summed E-state index contributed by atoms with van der Waals surface area (Å²) in [6.45, 7) is 0.684. The molecule has 0 amide bonds. The fourth-order valence-corrected chi connectivity index (χ4v) is 2.89. The molecule has 2 aromatic carbocycles. The molecule has 4 heteroatoms. The lowest BCUT2D eigenvalue weighted by molar-refractivity contribution is 0.288. The third-order valence-electron chi connectivity index (χ3n) is 3.37. The SMILES string of the molecule is CNC(CCOc1ccccc1)Cc1ccc(Br)cc1Cl. The topological polar surface area (TPSA) is 21.3 Å². The Hall–Kier alpha value is -1.03. The third-order valence-corrected chi connectivity index (χ3v) is 4.21. The summed E-state index contributed by atoms with van der Waals surface area (Å²) in [5.41, 5.74) is 1.15. The number of likely N-dealkylation sites (N-methyl/N-ethyl adjacent to an activating group) is 1. The fourth-order valence-electron chi connectivity index (χ4n) is 2.14. The Morgan fingerprint density at radius 2 is 1.95 bits per heavy atom.